The predicted octanol–water partition coefficient (Wildman–Crippen LogP) is 2.00. The van der Waals surface area contributed by atoms with Crippen molar-refractivity contribution in [3.63, 3.8) is 0 Å². The summed E-state index contributed by atoms with van der Waals surface area (Å²) in [5.41, 5.74) is 6.11. The lowest BCUT2D eigenvalue weighted by Gasteiger charge is -2.22. The van der Waals surface area contributed by atoms with Gasteiger partial charge in [-0.05, 0) is 37.7 Å². The molecule has 0 spiro atoms. The lowest BCUT2D eigenvalue weighted by Crippen LogP contribution is -2.51. The van der Waals surface area contributed by atoms with Gasteiger partial charge < -0.3 is 15.8 Å². The van der Waals surface area contributed by atoms with E-state index in [0.29, 0.717) is 24.8 Å². The quantitative estimate of drug-likeness (QED) is 0.768. The average Bonchev–Trinajstić information content (AvgIpc) is 3.27. The van der Waals surface area contributed by atoms with E-state index in [-0.39, 0.29) is 5.91 Å². The van der Waals surface area contributed by atoms with Crippen LogP contribution in [0.5, 0.6) is 5.88 Å². The molecule has 0 bridgehead atoms. The van der Waals surface area contributed by atoms with Crippen LogP contribution in [0.25, 0.3) is 0 Å². The van der Waals surface area contributed by atoms with Crippen molar-refractivity contribution in [2.45, 2.75) is 51.6 Å². The maximum absolute atomic E-state index is 12.0. The molecule has 0 aromatic carbocycles. The third kappa shape index (κ3) is 5.01. The van der Waals surface area contributed by atoms with Gasteiger partial charge in [0.2, 0.25) is 11.8 Å². The van der Waals surface area contributed by atoms with Gasteiger partial charge in [0.15, 0.2) is 0 Å². The Hall–Kier alpha value is -1.62. The van der Waals surface area contributed by atoms with Crippen LogP contribution in [0.3, 0.4) is 0 Å². The Bertz CT molecular complexity index is 467. The normalized spacial score (nSPS) is 17.1. The molecule has 5 heteroatoms. The zero-order valence-electron chi connectivity index (χ0n) is 12.9. The minimum atomic E-state index is -0.810. The van der Waals surface area contributed by atoms with Crippen molar-refractivity contribution in [3.05, 3.63) is 23.9 Å². The van der Waals surface area contributed by atoms with Gasteiger partial charge in [-0.2, -0.15) is 0 Å². The van der Waals surface area contributed by atoms with Crippen LogP contribution in [0.1, 0.15) is 45.1 Å². The summed E-state index contributed by atoms with van der Waals surface area (Å²) in [5, 5.41) is 2.86. The molecule has 116 valence electrons. The van der Waals surface area contributed by atoms with E-state index in [0.717, 1.165) is 18.6 Å². The summed E-state index contributed by atoms with van der Waals surface area (Å²) in [5.74, 6) is 1.23. The number of nitrogens with two attached hydrogens (primary N) is 1. The van der Waals surface area contributed by atoms with E-state index >= 15 is 0 Å². The monoisotopic (exact) mass is 291 g/mol. The Kier molecular flexibility index (Phi) is 5.17. The first-order chi connectivity index (χ1) is 10.0. The number of carbonyl (C=O) groups excluding carboxylic acids is 1. The van der Waals surface area contributed by atoms with Gasteiger partial charge in [-0.1, -0.05) is 19.4 Å². The molecule has 0 aliphatic heterocycles. The molecule has 21 heavy (non-hydrogen) atoms. The van der Waals surface area contributed by atoms with Crippen LogP contribution in [-0.2, 0) is 11.3 Å². The molecular weight excluding hydrogens is 266 g/mol. The number of hydrogen-bond donors (Lipinski definition) is 2. The minimum Gasteiger partial charge on any atom is -0.477 e. The van der Waals surface area contributed by atoms with Gasteiger partial charge in [0.25, 0.3) is 0 Å². The van der Waals surface area contributed by atoms with E-state index in [2.05, 4.69) is 10.3 Å². The second kappa shape index (κ2) is 6.89. The standard InChI is InChI=1S/C16H25N3O2/c1-3-8-16(2,17)15(20)19-10-13-6-7-14(18-9-13)21-11-12-4-5-12/h6-7,9,12H,3-5,8,10-11,17H2,1-2H3,(H,19,20). The van der Waals surface area contributed by atoms with Crippen molar-refractivity contribution >= 4 is 5.91 Å². The highest BCUT2D eigenvalue weighted by Gasteiger charge is 2.26. The number of nitrogens with zero attached hydrogens (tertiary/aromatic N) is 1. The molecular formula is C16H25N3O2. The van der Waals surface area contributed by atoms with Crippen molar-refractivity contribution in [2.75, 3.05) is 6.61 Å². The zero-order chi connectivity index (χ0) is 15.3. The Morgan fingerprint density at radius 1 is 1.52 bits per heavy atom. The average molecular weight is 291 g/mol. The molecule has 5 nitrogen and oxygen atoms in total. The van der Waals surface area contributed by atoms with Crippen molar-refractivity contribution in [3.8, 4) is 5.88 Å². The first-order valence-electron chi connectivity index (χ1n) is 7.66. The lowest BCUT2D eigenvalue weighted by molar-refractivity contribution is -0.126. The van der Waals surface area contributed by atoms with Gasteiger partial charge in [0, 0.05) is 18.8 Å². The van der Waals surface area contributed by atoms with Gasteiger partial charge in [-0.15, -0.1) is 0 Å². The number of rotatable bonds is 8. The van der Waals surface area contributed by atoms with Crippen LogP contribution in [0.2, 0.25) is 0 Å². The van der Waals surface area contributed by atoms with Crippen molar-refractivity contribution in [1.82, 2.24) is 10.3 Å². The Morgan fingerprint density at radius 2 is 2.29 bits per heavy atom. The molecule has 1 aliphatic carbocycles. The molecule has 1 heterocycles. The topological polar surface area (TPSA) is 77.2 Å². The molecule has 1 aliphatic rings. The van der Waals surface area contributed by atoms with Gasteiger partial charge in [-0.25, -0.2) is 4.98 Å². The number of pyridine rings is 1. The van der Waals surface area contributed by atoms with Crippen molar-refractivity contribution in [1.29, 1.82) is 0 Å². The second-order valence-electron chi connectivity index (χ2n) is 6.11. The summed E-state index contributed by atoms with van der Waals surface area (Å²) in [6.45, 7) is 4.97. The fraction of sp³-hybridized carbons (Fsp3) is 0.625. The number of nitrogens with one attached hydrogen (secondary N) is 1. The van der Waals surface area contributed by atoms with E-state index < -0.39 is 5.54 Å². The maximum atomic E-state index is 12.0. The number of carbonyl (C=O) groups is 1. The van der Waals surface area contributed by atoms with E-state index in [4.69, 9.17) is 10.5 Å². The van der Waals surface area contributed by atoms with E-state index in [1.807, 2.05) is 19.1 Å². The Labute approximate surface area is 126 Å². The highest BCUT2D eigenvalue weighted by molar-refractivity contribution is 5.85. The first-order valence-corrected chi connectivity index (χ1v) is 7.66. The maximum Gasteiger partial charge on any atom is 0.240 e. The first kappa shape index (κ1) is 15.8. The summed E-state index contributed by atoms with van der Waals surface area (Å²) < 4.78 is 5.58. The Balaban J connectivity index is 1.78. The van der Waals surface area contributed by atoms with Crippen LogP contribution in [0.4, 0.5) is 0 Å². The van der Waals surface area contributed by atoms with Crippen LogP contribution in [0, 0.1) is 5.92 Å². The molecule has 0 radical (unpaired) electrons. The fourth-order valence-corrected chi connectivity index (χ4v) is 2.11. The van der Waals surface area contributed by atoms with Gasteiger partial charge in [-0.3, -0.25) is 4.79 Å². The molecule has 1 aromatic rings. The van der Waals surface area contributed by atoms with Gasteiger partial charge >= 0.3 is 0 Å². The molecule has 2 rings (SSSR count). The van der Waals surface area contributed by atoms with E-state index in [1.165, 1.54) is 12.8 Å². The SMILES string of the molecule is CCCC(C)(N)C(=O)NCc1ccc(OCC2CC2)nc1. The highest BCUT2D eigenvalue weighted by atomic mass is 16.5. The summed E-state index contributed by atoms with van der Waals surface area (Å²) in [4.78, 5) is 16.2. The van der Waals surface area contributed by atoms with Crippen LogP contribution in [-0.4, -0.2) is 23.0 Å². The minimum absolute atomic E-state index is 0.126. The predicted molar refractivity (Wildman–Crippen MR) is 81.8 cm³/mol. The zero-order valence-corrected chi connectivity index (χ0v) is 12.9. The smallest absolute Gasteiger partial charge is 0.240 e. The second-order valence-corrected chi connectivity index (χ2v) is 6.11. The summed E-state index contributed by atoms with van der Waals surface area (Å²) in [6.07, 6.45) is 5.82. The van der Waals surface area contributed by atoms with Crippen LogP contribution < -0.4 is 15.8 Å². The molecule has 1 amide bonds. The lowest BCUT2D eigenvalue weighted by atomic mass is 9.96. The highest BCUT2D eigenvalue weighted by Crippen LogP contribution is 2.29. The summed E-state index contributed by atoms with van der Waals surface area (Å²) in [7, 11) is 0. The van der Waals surface area contributed by atoms with E-state index in [9.17, 15) is 4.79 Å². The van der Waals surface area contributed by atoms with Crippen LogP contribution >= 0.6 is 0 Å². The van der Waals surface area contributed by atoms with Gasteiger partial charge in [0.1, 0.15) is 0 Å². The van der Waals surface area contributed by atoms with Crippen molar-refractivity contribution < 1.29 is 9.53 Å². The van der Waals surface area contributed by atoms with Crippen LogP contribution in [0.15, 0.2) is 18.3 Å². The van der Waals surface area contributed by atoms with Gasteiger partial charge in [0.05, 0.1) is 12.1 Å². The molecule has 1 fully saturated rings. The molecule has 3 N–H and O–H groups in total. The van der Waals surface area contributed by atoms with Crippen molar-refractivity contribution in [2.24, 2.45) is 11.7 Å². The number of aromatic nitrogens is 1. The largest absolute Gasteiger partial charge is 0.477 e. The number of hydrogen-bond acceptors (Lipinski definition) is 4. The molecule has 1 saturated carbocycles. The molecule has 0 saturated heterocycles. The molecule has 1 aromatic heterocycles. The third-order valence-corrected chi connectivity index (χ3v) is 3.70. The molecule has 1 unspecified atom stereocenters. The number of ether oxygens (including phenoxy) is 1. The fourth-order valence-electron chi connectivity index (χ4n) is 2.11. The Morgan fingerprint density at radius 3 is 2.86 bits per heavy atom. The number of amides is 1. The molecule has 1 atom stereocenters. The summed E-state index contributed by atoms with van der Waals surface area (Å²) in [6, 6.07) is 3.76. The third-order valence-electron chi connectivity index (χ3n) is 3.70. The van der Waals surface area contributed by atoms with E-state index in [1.54, 1.807) is 13.1 Å². The summed E-state index contributed by atoms with van der Waals surface area (Å²) >= 11 is 0.